The van der Waals surface area contributed by atoms with Gasteiger partial charge in [-0.3, -0.25) is 19.0 Å². The van der Waals surface area contributed by atoms with Gasteiger partial charge in [-0.15, -0.1) is 0 Å². The third-order valence-electron chi connectivity index (χ3n) is 6.62. The Hall–Kier alpha value is -4.10. The number of halogens is 6. The van der Waals surface area contributed by atoms with E-state index in [1.807, 2.05) is 5.32 Å². The molecular formula is C29H30F6N4O4. The number of benzene rings is 1. The Kier molecular flexibility index (Phi) is 8.80. The highest BCUT2D eigenvalue weighted by Crippen LogP contribution is 2.40. The second kappa shape index (κ2) is 11.9. The SMILES string of the molecule is C[C@H](CNc1ccc2c(=O)c(C(=O)N[C@@H](C3CC3)C(F)(F)F)cn(-c3c(F)cc(F)cc3F)c2n1)CC(=O)OC(C)(C)C. The van der Waals surface area contributed by atoms with Gasteiger partial charge in [0.15, 0.2) is 17.3 Å². The molecule has 1 aliphatic rings. The highest BCUT2D eigenvalue weighted by atomic mass is 19.4. The molecular weight excluding hydrogens is 582 g/mol. The molecule has 4 rings (SSSR count). The number of nitrogens with one attached hydrogen (secondary N) is 2. The highest BCUT2D eigenvalue weighted by Gasteiger charge is 2.50. The van der Waals surface area contributed by atoms with E-state index in [0.717, 1.165) is 0 Å². The molecule has 0 saturated heterocycles. The summed E-state index contributed by atoms with van der Waals surface area (Å²) in [6.07, 6.45) is -3.58. The first-order valence-corrected chi connectivity index (χ1v) is 13.5. The Bertz CT molecular complexity index is 1590. The molecule has 2 N–H and O–H groups in total. The van der Waals surface area contributed by atoms with Crippen LogP contribution in [0.25, 0.3) is 16.7 Å². The molecule has 14 heteroatoms. The molecule has 0 bridgehead atoms. The van der Waals surface area contributed by atoms with Gasteiger partial charge in [0, 0.05) is 31.3 Å². The summed E-state index contributed by atoms with van der Waals surface area (Å²) in [5, 5.41) is 4.46. The lowest BCUT2D eigenvalue weighted by Crippen LogP contribution is -2.48. The normalized spacial score (nSPS) is 15.2. The van der Waals surface area contributed by atoms with E-state index in [1.54, 1.807) is 27.7 Å². The van der Waals surface area contributed by atoms with Crippen molar-refractivity contribution in [3.63, 3.8) is 0 Å². The number of alkyl halides is 3. The monoisotopic (exact) mass is 612 g/mol. The quantitative estimate of drug-likeness (QED) is 0.239. The zero-order valence-electron chi connectivity index (χ0n) is 23.7. The summed E-state index contributed by atoms with van der Waals surface area (Å²) in [6.45, 7) is 7.15. The largest absolute Gasteiger partial charge is 0.460 e. The maximum atomic E-state index is 14.9. The highest BCUT2D eigenvalue weighted by molar-refractivity contribution is 5.97. The third-order valence-corrected chi connectivity index (χ3v) is 6.62. The van der Waals surface area contributed by atoms with Crippen molar-refractivity contribution in [1.29, 1.82) is 0 Å². The number of hydrogen-bond donors (Lipinski definition) is 2. The number of ether oxygens (including phenoxy) is 1. The molecule has 0 spiro atoms. The summed E-state index contributed by atoms with van der Waals surface area (Å²) in [5.74, 6) is -6.87. The van der Waals surface area contributed by atoms with Crippen LogP contribution in [0.5, 0.6) is 0 Å². The van der Waals surface area contributed by atoms with Crippen molar-refractivity contribution in [2.24, 2.45) is 11.8 Å². The topological polar surface area (TPSA) is 102 Å². The summed E-state index contributed by atoms with van der Waals surface area (Å²) < 4.78 is 90.2. The van der Waals surface area contributed by atoms with E-state index in [0.29, 0.717) is 22.9 Å². The van der Waals surface area contributed by atoms with Gasteiger partial charge in [0.25, 0.3) is 5.91 Å². The van der Waals surface area contributed by atoms with Gasteiger partial charge in [-0.25, -0.2) is 18.2 Å². The predicted molar refractivity (Wildman–Crippen MR) is 145 cm³/mol. The fourth-order valence-electron chi connectivity index (χ4n) is 4.53. The van der Waals surface area contributed by atoms with E-state index >= 15 is 0 Å². The van der Waals surface area contributed by atoms with E-state index in [1.165, 1.54) is 12.1 Å². The molecule has 232 valence electrons. The van der Waals surface area contributed by atoms with Crippen LogP contribution in [0.4, 0.5) is 32.2 Å². The second-order valence-corrected chi connectivity index (χ2v) is 11.6. The molecule has 43 heavy (non-hydrogen) atoms. The summed E-state index contributed by atoms with van der Waals surface area (Å²) >= 11 is 0. The summed E-state index contributed by atoms with van der Waals surface area (Å²) in [5.41, 5.74) is -3.77. The van der Waals surface area contributed by atoms with E-state index in [-0.39, 0.29) is 48.6 Å². The van der Waals surface area contributed by atoms with Crippen LogP contribution in [0.2, 0.25) is 0 Å². The number of fused-ring (bicyclic) bond motifs is 1. The van der Waals surface area contributed by atoms with E-state index in [4.69, 9.17) is 4.74 Å². The van der Waals surface area contributed by atoms with Crippen molar-refractivity contribution >= 4 is 28.7 Å². The average molecular weight is 613 g/mol. The lowest BCUT2D eigenvalue weighted by Gasteiger charge is -2.22. The lowest BCUT2D eigenvalue weighted by molar-refractivity contribution is -0.158. The second-order valence-electron chi connectivity index (χ2n) is 11.6. The van der Waals surface area contributed by atoms with Crippen molar-refractivity contribution in [2.75, 3.05) is 11.9 Å². The van der Waals surface area contributed by atoms with Gasteiger partial charge in [0.05, 0.1) is 5.39 Å². The molecule has 2 atom stereocenters. The minimum Gasteiger partial charge on any atom is -0.460 e. The molecule has 1 aliphatic carbocycles. The average Bonchev–Trinajstić information content (AvgIpc) is 3.69. The van der Waals surface area contributed by atoms with Crippen LogP contribution in [0.3, 0.4) is 0 Å². The van der Waals surface area contributed by atoms with Crippen molar-refractivity contribution < 1.29 is 40.7 Å². The van der Waals surface area contributed by atoms with Crippen molar-refractivity contribution in [2.45, 2.75) is 64.8 Å². The minimum absolute atomic E-state index is 0.0623. The number of rotatable bonds is 9. The summed E-state index contributed by atoms with van der Waals surface area (Å²) in [6, 6.07) is 1.05. The molecule has 0 aliphatic heterocycles. The van der Waals surface area contributed by atoms with E-state index in [2.05, 4.69) is 10.3 Å². The molecule has 1 aromatic carbocycles. The Balaban J connectivity index is 1.73. The molecule has 1 fully saturated rings. The minimum atomic E-state index is -4.79. The first-order chi connectivity index (χ1) is 19.9. The van der Waals surface area contributed by atoms with E-state index in [9.17, 15) is 40.7 Å². The van der Waals surface area contributed by atoms with Crippen LogP contribution in [-0.4, -0.2) is 45.8 Å². The predicted octanol–water partition coefficient (Wildman–Crippen LogP) is 5.65. The number of anilines is 1. The number of pyridine rings is 2. The molecule has 8 nitrogen and oxygen atoms in total. The first-order valence-electron chi connectivity index (χ1n) is 13.5. The Labute approximate surface area is 242 Å². The summed E-state index contributed by atoms with van der Waals surface area (Å²) in [7, 11) is 0. The zero-order chi connectivity index (χ0) is 31.9. The third kappa shape index (κ3) is 7.65. The number of amides is 1. The van der Waals surface area contributed by atoms with E-state index < -0.39 is 69.7 Å². The Morgan fingerprint density at radius 2 is 1.72 bits per heavy atom. The van der Waals surface area contributed by atoms with Crippen LogP contribution in [0, 0.1) is 29.3 Å². The maximum Gasteiger partial charge on any atom is 0.408 e. The zero-order valence-corrected chi connectivity index (χ0v) is 23.7. The van der Waals surface area contributed by atoms with Gasteiger partial charge in [0.2, 0.25) is 5.43 Å². The van der Waals surface area contributed by atoms with Gasteiger partial charge < -0.3 is 15.4 Å². The van der Waals surface area contributed by atoms with Crippen LogP contribution in [-0.2, 0) is 9.53 Å². The number of esters is 1. The first kappa shape index (κ1) is 31.8. The molecule has 2 heterocycles. The molecule has 1 saturated carbocycles. The number of carbonyl (C=O) groups is 2. The van der Waals surface area contributed by atoms with Gasteiger partial charge in [0.1, 0.15) is 34.5 Å². The smallest absolute Gasteiger partial charge is 0.408 e. The van der Waals surface area contributed by atoms with Gasteiger partial charge >= 0.3 is 12.1 Å². The van der Waals surface area contributed by atoms with Crippen molar-refractivity contribution in [3.8, 4) is 5.69 Å². The number of hydrogen-bond acceptors (Lipinski definition) is 6. The van der Waals surface area contributed by atoms with Gasteiger partial charge in [-0.2, -0.15) is 13.2 Å². The Morgan fingerprint density at radius 1 is 1.09 bits per heavy atom. The number of carbonyl (C=O) groups excluding carboxylic acids is 2. The standard InChI is InChI=1S/C29H30F6N4O4/c1-14(9-22(40)43-28(2,3)4)12-36-21-8-7-17-24(41)18(27(42)38-25(15-5-6-15)29(33,34)35)13-39(26(17)37-21)23-19(31)10-16(30)11-20(23)32/h7-8,10-11,13-15,25H,5-6,9,12H2,1-4H3,(H,36,37)(H,38,42)/t14-,25-/m0/s1. The fraction of sp³-hybridized carbons (Fsp3) is 0.448. The maximum absolute atomic E-state index is 14.9. The fourth-order valence-corrected chi connectivity index (χ4v) is 4.53. The lowest BCUT2D eigenvalue weighted by atomic mass is 10.1. The molecule has 1 amide bonds. The van der Waals surface area contributed by atoms with Gasteiger partial charge in [-0.05, 0) is 57.6 Å². The Morgan fingerprint density at radius 3 is 2.28 bits per heavy atom. The molecule has 2 aromatic heterocycles. The number of aromatic nitrogens is 2. The van der Waals surface area contributed by atoms with Gasteiger partial charge in [-0.1, -0.05) is 6.92 Å². The molecule has 0 radical (unpaired) electrons. The van der Waals surface area contributed by atoms with Crippen LogP contribution >= 0.6 is 0 Å². The molecule has 3 aromatic rings. The van der Waals surface area contributed by atoms with Crippen LogP contribution in [0.15, 0.2) is 35.3 Å². The molecule has 0 unspecified atom stereocenters. The van der Waals surface area contributed by atoms with Crippen LogP contribution < -0.4 is 16.1 Å². The summed E-state index contributed by atoms with van der Waals surface area (Å²) in [4.78, 5) is 42.7. The van der Waals surface area contributed by atoms with Crippen molar-refractivity contribution in [3.05, 3.63) is 63.7 Å². The van der Waals surface area contributed by atoms with Crippen molar-refractivity contribution in [1.82, 2.24) is 14.9 Å². The number of nitrogens with zero attached hydrogens (tertiary/aromatic N) is 2. The van der Waals surface area contributed by atoms with Crippen LogP contribution in [0.1, 0.15) is 57.3 Å².